The van der Waals surface area contributed by atoms with Gasteiger partial charge in [0.15, 0.2) is 5.65 Å². The highest BCUT2D eigenvalue weighted by molar-refractivity contribution is 6.29. The molecule has 0 saturated carbocycles. The van der Waals surface area contributed by atoms with Gasteiger partial charge >= 0.3 is 5.92 Å². The summed E-state index contributed by atoms with van der Waals surface area (Å²) in [6.07, 6.45) is 4.73. The van der Waals surface area contributed by atoms with Crippen LogP contribution in [0.25, 0.3) is 16.9 Å². The van der Waals surface area contributed by atoms with Crippen molar-refractivity contribution in [3.63, 3.8) is 0 Å². The molecule has 5 rings (SSSR count). The molecule has 1 aromatic carbocycles. The van der Waals surface area contributed by atoms with Gasteiger partial charge in [-0.15, -0.1) is 10.2 Å². The van der Waals surface area contributed by atoms with Gasteiger partial charge in [-0.3, -0.25) is 4.99 Å². The quantitative estimate of drug-likeness (QED) is 0.462. The summed E-state index contributed by atoms with van der Waals surface area (Å²) in [6, 6.07) is 11.0. The number of aryl methyl sites for hydroxylation is 1. The van der Waals surface area contributed by atoms with E-state index in [4.69, 9.17) is 11.6 Å². The van der Waals surface area contributed by atoms with E-state index in [1.54, 1.807) is 36.5 Å². The number of pyridine rings is 1. The molecule has 0 bridgehead atoms. The summed E-state index contributed by atoms with van der Waals surface area (Å²) in [6.45, 7) is 0. The first kappa shape index (κ1) is 17.8. The standard InChI is InChI=1S/C20H13ClF2N6/c21-17-11-13(7-9-25-17)16-5-6-18-26-27-19(29(18)28-16)20(22,23)14-3-4-15-12(10-14)2-1-8-24-15/h3-11H,1-2H2. The molecule has 3 aromatic heterocycles. The zero-order valence-corrected chi connectivity index (χ0v) is 15.7. The fourth-order valence-corrected chi connectivity index (χ4v) is 3.49. The van der Waals surface area contributed by atoms with Crippen molar-refractivity contribution in [2.45, 2.75) is 18.8 Å². The lowest BCUT2D eigenvalue weighted by atomic mass is 9.99. The third-order valence-electron chi connectivity index (χ3n) is 4.78. The first-order valence-corrected chi connectivity index (χ1v) is 9.29. The topological polar surface area (TPSA) is 68.3 Å². The van der Waals surface area contributed by atoms with Gasteiger partial charge in [0.25, 0.3) is 0 Å². The van der Waals surface area contributed by atoms with Crippen molar-refractivity contribution in [2.24, 2.45) is 4.99 Å². The third kappa shape index (κ3) is 3.05. The smallest absolute Gasteiger partial charge is 0.261 e. The molecule has 6 nitrogen and oxygen atoms in total. The van der Waals surface area contributed by atoms with Crippen LogP contribution in [-0.2, 0) is 12.3 Å². The summed E-state index contributed by atoms with van der Waals surface area (Å²) < 4.78 is 31.8. The van der Waals surface area contributed by atoms with Crippen LogP contribution in [0.4, 0.5) is 14.5 Å². The van der Waals surface area contributed by atoms with Crippen LogP contribution in [-0.4, -0.2) is 31.0 Å². The Morgan fingerprint density at radius 3 is 2.79 bits per heavy atom. The minimum Gasteiger partial charge on any atom is -0.261 e. The number of hydrogen-bond acceptors (Lipinski definition) is 5. The van der Waals surface area contributed by atoms with Crippen molar-refractivity contribution in [3.8, 4) is 11.3 Å². The predicted molar refractivity (Wildman–Crippen MR) is 105 cm³/mol. The Balaban J connectivity index is 1.62. The van der Waals surface area contributed by atoms with E-state index in [0.29, 0.717) is 17.7 Å². The van der Waals surface area contributed by atoms with Gasteiger partial charge in [-0.25, -0.2) is 4.98 Å². The Kier molecular flexibility index (Phi) is 4.09. The van der Waals surface area contributed by atoms with Gasteiger partial charge < -0.3 is 0 Å². The van der Waals surface area contributed by atoms with Crippen LogP contribution in [0.15, 0.2) is 53.7 Å². The van der Waals surface area contributed by atoms with E-state index in [0.717, 1.165) is 22.2 Å². The number of alkyl halides is 2. The highest BCUT2D eigenvalue weighted by atomic mass is 35.5. The lowest BCUT2D eigenvalue weighted by molar-refractivity contribution is 0.0305. The third-order valence-corrected chi connectivity index (χ3v) is 4.99. The second kappa shape index (κ2) is 6.66. The molecule has 0 amide bonds. The zero-order valence-electron chi connectivity index (χ0n) is 14.9. The van der Waals surface area contributed by atoms with Crippen LogP contribution < -0.4 is 0 Å². The molecular weight excluding hydrogens is 398 g/mol. The number of nitrogens with zero attached hydrogens (tertiary/aromatic N) is 6. The van der Waals surface area contributed by atoms with Crippen molar-refractivity contribution in [3.05, 3.63) is 70.8 Å². The molecule has 1 aliphatic heterocycles. The molecule has 9 heteroatoms. The van der Waals surface area contributed by atoms with Crippen LogP contribution in [0.1, 0.15) is 23.4 Å². The lowest BCUT2D eigenvalue weighted by Crippen LogP contribution is -2.20. The average Bonchev–Trinajstić information content (AvgIpc) is 3.17. The largest absolute Gasteiger partial charge is 0.333 e. The highest BCUT2D eigenvalue weighted by Gasteiger charge is 2.40. The number of rotatable bonds is 3. The molecule has 0 saturated heterocycles. The Morgan fingerprint density at radius 1 is 1.03 bits per heavy atom. The molecule has 0 spiro atoms. The number of aliphatic imine (C=N–C) groups is 1. The maximum atomic E-state index is 15.4. The van der Waals surface area contributed by atoms with E-state index < -0.39 is 11.7 Å². The molecule has 0 atom stereocenters. The summed E-state index contributed by atoms with van der Waals surface area (Å²) in [5, 5.41) is 12.2. The predicted octanol–water partition coefficient (Wildman–Crippen LogP) is 4.63. The highest BCUT2D eigenvalue weighted by Crippen LogP contribution is 2.37. The number of aromatic nitrogens is 5. The van der Waals surface area contributed by atoms with E-state index in [1.807, 2.05) is 0 Å². The second-order valence-corrected chi connectivity index (χ2v) is 7.03. The van der Waals surface area contributed by atoms with Crippen molar-refractivity contribution < 1.29 is 8.78 Å². The van der Waals surface area contributed by atoms with E-state index in [2.05, 4.69) is 25.3 Å². The molecule has 0 aliphatic carbocycles. The molecule has 0 radical (unpaired) electrons. The monoisotopic (exact) mass is 410 g/mol. The Bertz CT molecular complexity index is 1270. The molecule has 1 aliphatic rings. The molecule has 4 heterocycles. The van der Waals surface area contributed by atoms with Crippen molar-refractivity contribution in [1.82, 2.24) is 24.8 Å². The van der Waals surface area contributed by atoms with Crippen LogP contribution in [0.2, 0.25) is 5.15 Å². The number of halogens is 3. The first-order valence-electron chi connectivity index (χ1n) is 8.91. The van der Waals surface area contributed by atoms with E-state index in [-0.39, 0.29) is 16.4 Å². The number of hydrogen-bond donors (Lipinski definition) is 0. The maximum Gasteiger partial charge on any atom is 0.333 e. The molecular formula is C20H13ClF2N6. The van der Waals surface area contributed by atoms with Gasteiger partial charge in [0, 0.05) is 23.5 Å². The number of fused-ring (bicyclic) bond motifs is 2. The minimum absolute atomic E-state index is 0.165. The van der Waals surface area contributed by atoms with Gasteiger partial charge in [0.1, 0.15) is 5.15 Å². The fourth-order valence-electron chi connectivity index (χ4n) is 3.32. The van der Waals surface area contributed by atoms with Gasteiger partial charge in [-0.1, -0.05) is 17.7 Å². The van der Waals surface area contributed by atoms with Crippen LogP contribution >= 0.6 is 11.6 Å². The maximum absolute atomic E-state index is 15.4. The van der Waals surface area contributed by atoms with Crippen molar-refractivity contribution in [2.75, 3.05) is 0 Å². The van der Waals surface area contributed by atoms with E-state index >= 15 is 8.78 Å². The zero-order chi connectivity index (χ0) is 20.0. The van der Waals surface area contributed by atoms with E-state index in [9.17, 15) is 0 Å². The molecule has 4 aromatic rings. The summed E-state index contributed by atoms with van der Waals surface area (Å²) >= 11 is 5.93. The number of benzene rings is 1. The van der Waals surface area contributed by atoms with Gasteiger partial charge in [0.2, 0.25) is 5.82 Å². The van der Waals surface area contributed by atoms with Gasteiger partial charge in [0.05, 0.1) is 11.4 Å². The Labute approximate surface area is 168 Å². The first-order chi connectivity index (χ1) is 14.0. The summed E-state index contributed by atoms with van der Waals surface area (Å²) in [4.78, 5) is 8.18. The van der Waals surface area contributed by atoms with Crippen LogP contribution in [0, 0.1) is 0 Å². The molecule has 29 heavy (non-hydrogen) atoms. The second-order valence-electron chi connectivity index (χ2n) is 6.65. The van der Waals surface area contributed by atoms with Crippen molar-refractivity contribution >= 4 is 29.2 Å². The summed E-state index contributed by atoms with van der Waals surface area (Å²) in [7, 11) is 0. The van der Waals surface area contributed by atoms with Gasteiger partial charge in [-0.2, -0.15) is 18.4 Å². The Hall–Kier alpha value is -3.26. The lowest BCUT2D eigenvalue weighted by Gasteiger charge is -2.17. The minimum atomic E-state index is -3.38. The SMILES string of the molecule is FC(F)(c1ccc2c(c1)CCC=N2)c1nnc2ccc(-c3ccnc(Cl)c3)nn12. The molecule has 0 N–H and O–H groups in total. The fraction of sp³-hybridized carbons (Fsp3) is 0.150. The summed E-state index contributed by atoms with van der Waals surface area (Å²) in [5.41, 5.74) is 2.68. The normalized spacial score (nSPS) is 13.6. The van der Waals surface area contributed by atoms with E-state index in [1.165, 1.54) is 18.3 Å². The molecule has 144 valence electrons. The van der Waals surface area contributed by atoms with Crippen LogP contribution in [0.3, 0.4) is 0 Å². The average molecular weight is 411 g/mol. The molecule has 0 fully saturated rings. The Morgan fingerprint density at radius 2 is 1.93 bits per heavy atom. The van der Waals surface area contributed by atoms with Crippen molar-refractivity contribution in [1.29, 1.82) is 0 Å². The molecule has 0 unspecified atom stereocenters. The van der Waals surface area contributed by atoms with Crippen LogP contribution in [0.5, 0.6) is 0 Å². The van der Waals surface area contributed by atoms with Gasteiger partial charge in [-0.05, 0) is 54.8 Å². The summed E-state index contributed by atoms with van der Waals surface area (Å²) in [5.74, 6) is -3.93.